The first-order valence-electron chi connectivity index (χ1n) is 9.84. The molecule has 2 N–H and O–H groups in total. The molecule has 0 fully saturated rings. The second kappa shape index (κ2) is 10.6. The molecular formula is C24H24N2O4S. The standard InChI is InChI=1S/C24H24N2O4S/c1-2-26-31(28,29)23-15-10-19(11-16-23)12-17-24(27)25-18-20-8-13-22(14-9-20)30-21-6-4-3-5-7-21/h3-17,26H,2,18H2,1H3,(H,25,27)/b17-12+. The molecule has 0 spiro atoms. The average Bonchev–Trinajstić information content (AvgIpc) is 2.78. The van der Waals surface area contributed by atoms with Crippen LogP contribution < -0.4 is 14.8 Å². The highest BCUT2D eigenvalue weighted by molar-refractivity contribution is 7.89. The van der Waals surface area contributed by atoms with Crippen LogP contribution in [0.15, 0.2) is 89.8 Å². The van der Waals surface area contributed by atoms with Crippen LogP contribution in [0.4, 0.5) is 0 Å². The lowest BCUT2D eigenvalue weighted by Crippen LogP contribution is -2.23. The first-order valence-corrected chi connectivity index (χ1v) is 11.3. The Morgan fingerprint density at radius 3 is 2.19 bits per heavy atom. The highest BCUT2D eigenvalue weighted by Gasteiger charge is 2.11. The molecule has 0 aliphatic carbocycles. The molecule has 0 unspecified atom stereocenters. The van der Waals surface area contributed by atoms with Gasteiger partial charge in [-0.1, -0.05) is 49.4 Å². The molecule has 0 aliphatic rings. The molecule has 31 heavy (non-hydrogen) atoms. The van der Waals surface area contributed by atoms with Crippen molar-refractivity contribution in [2.75, 3.05) is 6.54 Å². The number of carbonyl (C=O) groups is 1. The number of ether oxygens (including phenoxy) is 1. The van der Waals surface area contributed by atoms with Gasteiger partial charge < -0.3 is 10.1 Å². The summed E-state index contributed by atoms with van der Waals surface area (Å²) in [6.45, 7) is 2.43. The van der Waals surface area contributed by atoms with Crippen molar-refractivity contribution in [2.24, 2.45) is 0 Å². The highest BCUT2D eigenvalue weighted by atomic mass is 32.2. The van der Waals surface area contributed by atoms with Crippen LogP contribution in [0.5, 0.6) is 11.5 Å². The molecule has 6 nitrogen and oxygen atoms in total. The van der Waals surface area contributed by atoms with Crippen LogP contribution in [0.25, 0.3) is 6.08 Å². The molecule has 0 saturated heterocycles. The van der Waals surface area contributed by atoms with Gasteiger partial charge >= 0.3 is 0 Å². The van der Waals surface area contributed by atoms with Gasteiger partial charge in [0.15, 0.2) is 0 Å². The number of benzene rings is 3. The Morgan fingerprint density at radius 1 is 0.903 bits per heavy atom. The van der Waals surface area contributed by atoms with E-state index in [1.165, 1.54) is 18.2 Å². The maximum atomic E-state index is 12.1. The maximum absolute atomic E-state index is 12.1. The molecule has 0 heterocycles. The van der Waals surface area contributed by atoms with E-state index >= 15 is 0 Å². The summed E-state index contributed by atoms with van der Waals surface area (Å²) in [6.07, 6.45) is 3.05. The summed E-state index contributed by atoms with van der Waals surface area (Å²) in [7, 11) is -3.48. The molecule has 3 rings (SSSR count). The second-order valence-corrected chi connectivity index (χ2v) is 8.45. The summed E-state index contributed by atoms with van der Waals surface area (Å²) in [6, 6.07) is 23.3. The van der Waals surface area contributed by atoms with Crippen molar-refractivity contribution < 1.29 is 17.9 Å². The Balaban J connectivity index is 1.50. The third-order valence-electron chi connectivity index (χ3n) is 4.32. The smallest absolute Gasteiger partial charge is 0.244 e. The van der Waals surface area contributed by atoms with E-state index in [4.69, 9.17) is 4.74 Å². The maximum Gasteiger partial charge on any atom is 0.244 e. The molecule has 1 amide bonds. The topological polar surface area (TPSA) is 84.5 Å². The van der Waals surface area contributed by atoms with Crippen molar-refractivity contribution in [3.8, 4) is 11.5 Å². The summed E-state index contributed by atoms with van der Waals surface area (Å²) in [5.74, 6) is 1.25. The zero-order valence-corrected chi connectivity index (χ0v) is 17.9. The molecule has 0 atom stereocenters. The largest absolute Gasteiger partial charge is 0.457 e. The minimum absolute atomic E-state index is 0.190. The fourth-order valence-corrected chi connectivity index (χ4v) is 3.79. The van der Waals surface area contributed by atoms with Crippen LogP contribution in [0, 0.1) is 0 Å². The third-order valence-corrected chi connectivity index (χ3v) is 5.88. The van der Waals surface area contributed by atoms with E-state index in [1.807, 2.05) is 54.6 Å². The summed E-state index contributed by atoms with van der Waals surface area (Å²) >= 11 is 0. The summed E-state index contributed by atoms with van der Waals surface area (Å²) in [5.41, 5.74) is 1.67. The van der Waals surface area contributed by atoms with Crippen molar-refractivity contribution >= 4 is 22.0 Å². The summed E-state index contributed by atoms with van der Waals surface area (Å²) < 4.78 is 32.1. The second-order valence-electron chi connectivity index (χ2n) is 6.68. The molecule has 160 valence electrons. The zero-order chi connectivity index (χ0) is 22.1. The van der Waals surface area contributed by atoms with Crippen molar-refractivity contribution in [1.29, 1.82) is 0 Å². The van der Waals surface area contributed by atoms with E-state index in [0.29, 0.717) is 13.1 Å². The predicted octanol–water partition coefficient (Wildman–Crippen LogP) is 4.11. The fourth-order valence-electron chi connectivity index (χ4n) is 2.75. The molecule has 7 heteroatoms. The number of amides is 1. The van der Waals surface area contributed by atoms with E-state index in [1.54, 1.807) is 25.1 Å². The lowest BCUT2D eigenvalue weighted by atomic mass is 10.2. The number of carbonyl (C=O) groups excluding carboxylic acids is 1. The molecule has 0 bridgehead atoms. The van der Waals surface area contributed by atoms with Gasteiger partial charge in [-0.2, -0.15) is 0 Å². The van der Waals surface area contributed by atoms with E-state index in [9.17, 15) is 13.2 Å². The van der Waals surface area contributed by atoms with Crippen LogP contribution in [0.3, 0.4) is 0 Å². The molecule has 3 aromatic rings. The van der Waals surface area contributed by atoms with Crippen molar-refractivity contribution in [3.05, 3.63) is 96.1 Å². The summed E-state index contributed by atoms with van der Waals surface area (Å²) in [5, 5.41) is 2.82. The van der Waals surface area contributed by atoms with Gasteiger partial charge in [-0.05, 0) is 53.6 Å². The minimum Gasteiger partial charge on any atom is -0.457 e. The Morgan fingerprint density at radius 2 is 1.55 bits per heavy atom. The van der Waals surface area contributed by atoms with Gasteiger partial charge in [0.2, 0.25) is 15.9 Å². The van der Waals surface area contributed by atoms with Crippen LogP contribution in [0.2, 0.25) is 0 Å². The molecule has 0 radical (unpaired) electrons. The average molecular weight is 437 g/mol. The first kappa shape index (κ1) is 22.3. The van der Waals surface area contributed by atoms with Gasteiger partial charge in [0.1, 0.15) is 11.5 Å². The van der Waals surface area contributed by atoms with Gasteiger partial charge in [0.25, 0.3) is 0 Å². The molecular weight excluding hydrogens is 412 g/mol. The number of sulfonamides is 1. The lowest BCUT2D eigenvalue weighted by Gasteiger charge is -2.07. The van der Waals surface area contributed by atoms with Gasteiger partial charge in [-0.3, -0.25) is 4.79 Å². The van der Waals surface area contributed by atoms with Gasteiger partial charge in [-0.15, -0.1) is 0 Å². The summed E-state index contributed by atoms with van der Waals surface area (Å²) in [4.78, 5) is 12.3. The van der Waals surface area contributed by atoms with Crippen molar-refractivity contribution in [2.45, 2.75) is 18.4 Å². The Hall–Kier alpha value is -3.42. The fraction of sp³-hybridized carbons (Fsp3) is 0.125. The van der Waals surface area contributed by atoms with Gasteiger partial charge in [0, 0.05) is 19.2 Å². The van der Waals surface area contributed by atoms with Crippen molar-refractivity contribution in [3.63, 3.8) is 0 Å². The molecule has 3 aromatic carbocycles. The quantitative estimate of drug-likeness (QED) is 0.495. The van der Waals surface area contributed by atoms with E-state index < -0.39 is 10.0 Å². The van der Waals surface area contributed by atoms with Crippen molar-refractivity contribution in [1.82, 2.24) is 10.0 Å². The minimum atomic E-state index is -3.48. The van der Waals surface area contributed by atoms with E-state index in [0.717, 1.165) is 22.6 Å². The monoisotopic (exact) mass is 436 g/mol. The van der Waals surface area contributed by atoms with Crippen LogP contribution in [0.1, 0.15) is 18.1 Å². The van der Waals surface area contributed by atoms with E-state index in [2.05, 4.69) is 10.0 Å². The normalized spacial score (nSPS) is 11.4. The third kappa shape index (κ3) is 6.80. The lowest BCUT2D eigenvalue weighted by molar-refractivity contribution is -0.116. The zero-order valence-electron chi connectivity index (χ0n) is 17.1. The van der Waals surface area contributed by atoms with Gasteiger partial charge in [-0.25, -0.2) is 13.1 Å². The van der Waals surface area contributed by atoms with Crippen LogP contribution in [-0.4, -0.2) is 20.9 Å². The van der Waals surface area contributed by atoms with Crippen LogP contribution in [-0.2, 0) is 21.4 Å². The molecule has 0 aliphatic heterocycles. The Kier molecular flexibility index (Phi) is 7.59. The SMILES string of the molecule is CCNS(=O)(=O)c1ccc(/C=C/C(=O)NCc2ccc(Oc3ccccc3)cc2)cc1. The molecule has 0 aromatic heterocycles. The van der Waals surface area contributed by atoms with E-state index in [-0.39, 0.29) is 10.8 Å². The number of hydrogen-bond donors (Lipinski definition) is 2. The van der Waals surface area contributed by atoms with Gasteiger partial charge in [0.05, 0.1) is 4.90 Å². The highest BCUT2D eigenvalue weighted by Crippen LogP contribution is 2.21. The predicted molar refractivity (Wildman–Crippen MR) is 121 cm³/mol. The van der Waals surface area contributed by atoms with Crippen LogP contribution >= 0.6 is 0 Å². The number of rotatable bonds is 9. The number of hydrogen-bond acceptors (Lipinski definition) is 4. The number of nitrogens with one attached hydrogen (secondary N) is 2. The Labute approximate surface area is 182 Å². The molecule has 0 saturated carbocycles. The number of para-hydroxylation sites is 1. The Bertz CT molecular complexity index is 1120. The first-order chi connectivity index (χ1) is 15.0.